The van der Waals surface area contributed by atoms with Crippen LogP contribution in [-0.2, 0) is 11.0 Å². The lowest BCUT2D eigenvalue weighted by molar-refractivity contribution is -0.159. The minimum atomic E-state index is -4.72. The second-order valence-corrected chi connectivity index (χ2v) is 5.84. The average Bonchev–Trinajstić information content (AvgIpc) is 3.09. The van der Waals surface area contributed by atoms with Crippen molar-refractivity contribution in [3.63, 3.8) is 0 Å². The number of benzene rings is 1. The first kappa shape index (κ1) is 20.4. The van der Waals surface area contributed by atoms with E-state index < -0.39 is 24.0 Å². The molecule has 11 heteroatoms. The van der Waals surface area contributed by atoms with Crippen LogP contribution in [0.15, 0.2) is 45.6 Å². The Morgan fingerprint density at radius 2 is 2.11 bits per heavy atom. The van der Waals surface area contributed by atoms with E-state index in [1.807, 2.05) is 0 Å². The van der Waals surface area contributed by atoms with Gasteiger partial charge < -0.3 is 14.7 Å². The number of oxime groups is 1. The number of halogens is 4. The molecule has 0 fully saturated rings. The molecule has 0 saturated carbocycles. The van der Waals surface area contributed by atoms with E-state index in [9.17, 15) is 18.0 Å². The molecule has 1 atom stereocenters. The van der Waals surface area contributed by atoms with Gasteiger partial charge in [0.1, 0.15) is 0 Å². The van der Waals surface area contributed by atoms with Crippen LogP contribution in [0.2, 0.25) is 0 Å². The predicted molar refractivity (Wildman–Crippen MR) is 91.1 cm³/mol. The zero-order chi connectivity index (χ0) is 20.0. The fourth-order valence-corrected chi connectivity index (χ4v) is 1.84. The standard InChI is InChI=1S/C16H14ClF3N4O3/c1-9(17)8-26-21-7-10(2)22-14(25)12-5-3-11(4-6-12)13-23-15(27-24-13)16(18,19)20/h3-7,10H,1,8H2,2H3,(H,22,25). The van der Waals surface area contributed by atoms with Gasteiger partial charge in [0.05, 0.1) is 17.3 Å². The Bertz CT molecular complexity index is 834. The van der Waals surface area contributed by atoms with E-state index in [-0.39, 0.29) is 28.6 Å². The van der Waals surface area contributed by atoms with E-state index in [1.165, 1.54) is 30.5 Å². The molecule has 0 radical (unpaired) electrons. The summed E-state index contributed by atoms with van der Waals surface area (Å²) in [7, 11) is 0. The maximum atomic E-state index is 12.5. The molecule has 1 aromatic heterocycles. The van der Waals surface area contributed by atoms with Gasteiger partial charge in [-0.3, -0.25) is 4.79 Å². The molecule has 1 N–H and O–H groups in total. The van der Waals surface area contributed by atoms with E-state index in [4.69, 9.17) is 16.4 Å². The second kappa shape index (κ2) is 8.67. The number of amides is 1. The van der Waals surface area contributed by atoms with Crippen LogP contribution in [-0.4, -0.2) is 34.9 Å². The Morgan fingerprint density at radius 3 is 2.67 bits per heavy atom. The van der Waals surface area contributed by atoms with Crippen LogP contribution < -0.4 is 5.32 Å². The van der Waals surface area contributed by atoms with Crippen molar-refractivity contribution in [3.8, 4) is 11.4 Å². The number of hydrogen-bond acceptors (Lipinski definition) is 6. The normalized spacial score (nSPS) is 12.8. The highest BCUT2D eigenvalue weighted by molar-refractivity contribution is 6.29. The maximum absolute atomic E-state index is 12.5. The first-order chi connectivity index (χ1) is 12.7. The third kappa shape index (κ3) is 6.10. The van der Waals surface area contributed by atoms with Gasteiger partial charge in [0.25, 0.3) is 5.91 Å². The van der Waals surface area contributed by atoms with Gasteiger partial charge in [-0.05, 0) is 19.1 Å². The number of carbonyl (C=O) groups excluding carboxylic acids is 1. The van der Waals surface area contributed by atoms with Crippen molar-refractivity contribution in [1.82, 2.24) is 15.5 Å². The molecule has 144 valence electrons. The van der Waals surface area contributed by atoms with E-state index in [1.54, 1.807) is 6.92 Å². The summed E-state index contributed by atoms with van der Waals surface area (Å²) in [5.41, 5.74) is 0.559. The summed E-state index contributed by atoms with van der Waals surface area (Å²) in [6.45, 7) is 5.15. The molecule has 27 heavy (non-hydrogen) atoms. The molecular formula is C16H14ClF3N4O3. The third-order valence-electron chi connectivity index (χ3n) is 3.01. The van der Waals surface area contributed by atoms with Gasteiger partial charge in [0.2, 0.25) is 5.82 Å². The molecule has 0 aliphatic rings. The number of nitrogens with one attached hydrogen (secondary N) is 1. The summed E-state index contributed by atoms with van der Waals surface area (Å²) < 4.78 is 41.6. The van der Waals surface area contributed by atoms with Crippen molar-refractivity contribution in [1.29, 1.82) is 0 Å². The highest BCUT2D eigenvalue weighted by atomic mass is 35.5. The molecule has 1 aromatic carbocycles. The number of rotatable bonds is 7. The molecule has 2 aromatic rings. The predicted octanol–water partition coefficient (Wildman–Crippen LogP) is 3.63. The molecule has 1 unspecified atom stereocenters. The molecule has 0 aliphatic heterocycles. The molecular weight excluding hydrogens is 389 g/mol. The highest BCUT2D eigenvalue weighted by Gasteiger charge is 2.38. The van der Waals surface area contributed by atoms with Gasteiger partial charge in [-0.15, -0.1) is 0 Å². The lowest BCUT2D eigenvalue weighted by atomic mass is 10.1. The summed E-state index contributed by atoms with van der Waals surface area (Å²) in [6, 6.07) is 5.23. The SMILES string of the molecule is C=C(Cl)CON=CC(C)NC(=O)c1ccc(-c2noc(C(F)(F)F)n2)cc1. The van der Waals surface area contributed by atoms with Gasteiger partial charge in [-0.2, -0.15) is 18.2 Å². The Balaban J connectivity index is 1.97. The highest BCUT2D eigenvalue weighted by Crippen LogP contribution is 2.29. The topological polar surface area (TPSA) is 89.6 Å². The molecule has 0 saturated heterocycles. The van der Waals surface area contributed by atoms with E-state index >= 15 is 0 Å². The maximum Gasteiger partial charge on any atom is 0.471 e. The van der Waals surface area contributed by atoms with Gasteiger partial charge in [0.15, 0.2) is 6.61 Å². The first-order valence-electron chi connectivity index (χ1n) is 7.47. The number of alkyl halides is 3. The zero-order valence-corrected chi connectivity index (χ0v) is 14.7. The quantitative estimate of drug-likeness (QED) is 0.564. The Kier molecular flexibility index (Phi) is 6.56. The molecule has 7 nitrogen and oxygen atoms in total. The van der Waals surface area contributed by atoms with Gasteiger partial charge in [-0.25, -0.2) is 0 Å². The van der Waals surface area contributed by atoms with Gasteiger partial charge in [0, 0.05) is 11.1 Å². The third-order valence-corrected chi connectivity index (χ3v) is 3.12. The van der Waals surface area contributed by atoms with Crippen LogP contribution in [0.1, 0.15) is 23.2 Å². The monoisotopic (exact) mass is 402 g/mol. The fourth-order valence-electron chi connectivity index (χ4n) is 1.80. The van der Waals surface area contributed by atoms with Crippen LogP contribution in [0, 0.1) is 0 Å². The molecule has 0 bridgehead atoms. The minimum absolute atomic E-state index is 0.0479. The smallest absolute Gasteiger partial charge is 0.390 e. The molecule has 2 rings (SSSR count). The summed E-state index contributed by atoms with van der Waals surface area (Å²) in [4.78, 5) is 20.2. The minimum Gasteiger partial charge on any atom is -0.390 e. The summed E-state index contributed by atoms with van der Waals surface area (Å²) >= 11 is 5.50. The van der Waals surface area contributed by atoms with Gasteiger partial charge in [-0.1, -0.05) is 40.6 Å². The number of carbonyl (C=O) groups is 1. The van der Waals surface area contributed by atoms with E-state index in [0.29, 0.717) is 0 Å². The average molecular weight is 403 g/mol. The van der Waals surface area contributed by atoms with Crippen molar-refractivity contribution in [2.45, 2.75) is 19.1 Å². The van der Waals surface area contributed by atoms with Crippen molar-refractivity contribution >= 4 is 23.7 Å². The Labute approximate surface area is 156 Å². The first-order valence-corrected chi connectivity index (χ1v) is 7.85. The van der Waals surface area contributed by atoms with Crippen molar-refractivity contribution in [3.05, 3.63) is 47.3 Å². The molecule has 0 spiro atoms. The number of aromatic nitrogens is 2. The van der Waals surface area contributed by atoms with E-state index in [2.05, 4.69) is 31.7 Å². The van der Waals surface area contributed by atoms with Crippen LogP contribution in [0.3, 0.4) is 0 Å². The van der Waals surface area contributed by atoms with Gasteiger partial charge >= 0.3 is 12.1 Å². The number of hydrogen-bond donors (Lipinski definition) is 1. The number of nitrogens with zero attached hydrogens (tertiary/aromatic N) is 3. The largest absolute Gasteiger partial charge is 0.471 e. The van der Waals surface area contributed by atoms with Crippen LogP contribution in [0.25, 0.3) is 11.4 Å². The van der Waals surface area contributed by atoms with Crippen LogP contribution >= 0.6 is 11.6 Å². The van der Waals surface area contributed by atoms with Crippen molar-refractivity contribution in [2.75, 3.05) is 6.61 Å². The van der Waals surface area contributed by atoms with Crippen LogP contribution in [0.4, 0.5) is 13.2 Å². The summed E-state index contributed by atoms with van der Waals surface area (Å²) in [6.07, 6.45) is -3.35. The molecule has 1 heterocycles. The zero-order valence-electron chi connectivity index (χ0n) is 14.0. The lowest BCUT2D eigenvalue weighted by Gasteiger charge is -2.09. The second-order valence-electron chi connectivity index (χ2n) is 5.31. The van der Waals surface area contributed by atoms with Crippen molar-refractivity contribution in [2.24, 2.45) is 5.16 Å². The molecule has 0 aliphatic carbocycles. The molecule has 1 amide bonds. The Hall–Kier alpha value is -2.88. The summed E-state index contributed by atoms with van der Waals surface area (Å²) in [5.74, 6) is -2.08. The Morgan fingerprint density at radius 1 is 1.44 bits per heavy atom. The summed E-state index contributed by atoms with van der Waals surface area (Å²) in [5, 5.41) is 9.84. The van der Waals surface area contributed by atoms with E-state index in [0.717, 1.165) is 0 Å². The van der Waals surface area contributed by atoms with Crippen LogP contribution in [0.5, 0.6) is 0 Å². The van der Waals surface area contributed by atoms with Crippen molar-refractivity contribution < 1.29 is 27.3 Å². The fraction of sp³-hybridized carbons (Fsp3) is 0.250. The lowest BCUT2D eigenvalue weighted by Crippen LogP contribution is -2.33.